The highest BCUT2D eigenvalue weighted by molar-refractivity contribution is 5.81. The zero-order valence-electron chi connectivity index (χ0n) is 8.08. The molecule has 2 aromatic rings. The van der Waals surface area contributed by atoms with E-state index in [1.54, 1.807) is 4.68 Å². The van der Waals surface area contributed by atoms with Crippen molar-refractivity contribution in [1.29, 1.82) is 0 Å². The first kappa shape index (κ1) is 9.02. The number of hydrogen-bond donors (Lipinski definition) is 2. The fourth-order valence-electron chi connectivity index (χ4n) is 1.80. The van der Waals surface area contributed by atoms with E-state index < -0.39 is 0 Å². The van der Waals surface area contributed by atoms with Crippen LogP contribution in [0.2, 0.25) is 0 Å². The molecule has 1 aromatic heterocycles. The Morgan fingerprint density at radius 1 is 1.50 bits per heavy atom. The monoisotopic (exact) mass is 191 g/mol. The molecular weight excluding hydrogens is 178 g/mol. The van der Waals surface area contributed by atoms with Crippen molar-refractivity contribution >= 4 is 10.9 Å². The van der Waals surface area contributed by atoms with Crippen molar-refractivity contribution in [3.8, 4) is 0 Å². The smallest absolute Gasteiger partial charge is 0.271 e. The number of H-pyrrole nitrogens is 1. The van der Waals surface area contributed by atoms with E-state index in [4.69, 9.17) is 5.73 Å². The van der Waals surface area contributed by atoms with Crippen LogP contribution < -0.4 is 11.3 Å². The second-order valence-corrected chi connectivity index (χ2v) is 3.35. The van der Waals surface area contributed by atoms with Gasteiger partial charge in [0.1, 0.15) is 0 Å². The largest absolute Gasteiger partial charge is 0.330 e. The minimum absolute atomic E-state index is 0.0404. The van der Waals surface area contributed by atoms with Gasteiger partial charge in [-0.05, 0) is 24.6 Å². The molecule has 1 heterocycles. The lowest BCUT2D eigenvalue weighted by atomic mass is 10.1. The van der Waals surface area contributed by atoms with E-state index in [1.165, 1.54) is 0 Å². The summed E-state index contributed by atoms with van der Waals surface area (Å²) in [6, 6.07) is 5.72. The highest BCUT2D eigenvalue weighted by Gasteiger charge is 2.07. The van der Waals surface area contributed by atoms with Crippen LogP contribution in [0.5, 0.6) is 0 Å². The Bertz CT molecular complexity index is 510. The minimum atomic E-state index is -0.0404. The van der Waals surface area contributed by atoms with Crippen LogP contribution in [-0.4, -0.2) is 16.3 Å². The van der Waals surface area contributed by atoms with Crippen molar-refractivity contribution < 1.29 is 0 Å². The predicted octanol–water partition coefficient (Wildman–Crippen LogP) is 0.368. The molecule has 0 aliphatic heterocycles. The lowest BCUT2D eigenvalue weighted by Gasteiger charge is -2.02. The van der Waals surface area contributed by atoms with Crippen molar-refractivity contribution in [2.24, 2.45) is 12.8 Å². The Hall–Kier alpha value is -1.55. The van der Waals surface area contributed by atoms with Gasteiger partial charge in [-0.1, -0.05) is 12.1 Å². The molecule has 4 nitrogen and oxygen atoms in total. The molecule has 3 N–H and O–H groups in total. The van der Waals surface area contributed by atoms with E-state index in [0.717, 1.165) is 22.9 Å². The minimum Gasteiger partial charge on any atom is -0.330 e. The predicted molar refractivity (Wildman–Crippen MR) is 56.3 cm³/mol. The van der Waals surface area contributed by atoms with Gasteiger partial charge in [0.2, 0.25) is 0 Å². The molecule has 74 valence electrons. The number of benzene rings is 1. The van der Waals surface area contributed by atoms with E-state index in [9.17, 15) is 4.79 Å². The third-order valence-electron chi connectivity index (χ3n) is 2.38. The van der Waals surface area contributed by atoms with Crippen LogP contribution in [0.25, 0.3) is 10.9 Å². The van der Waals surface area contributed by atoms with Gasteiger partial charge in [-0.2, -0.15) is 0 Å². The molecule has 0 fully saturated rings. The highest BCUT2D eigenvalue weighted by Crippen LogP contribution is 2.14. The normalized spacial score (nSPS) is 11.0. The Kier molecular flexibility index (Phi) is 2.13. The number of para-hydroxylation sites is 1. The van der Waals surface area contributed by atoms with E-state index in [0.29, 0.717) is 6.54 Å². The summed E-state index contributed by atoms with van der Waals surface area (Å²) in [6.45, 7) is 0.596. The van der Waals surface area contributed by atoms with Gasteiger partial charge in [0.05, 0.1) is 10.9 Å². The summed E-state index contributed by atoms with van der Waals surface area (Å²) in [5.41, 5.74) is 7.55. The zero-order valence-corrected chi connectivity index (χ0v) is 8.08. The third-order valence-corrected chi connectivity index (χ3v) is 2.38. The van der Waals surface area contributed by atoms with Crippen molar-refractivity contribution in [2.45, 2.75) is 6.42 Å². The molecule has 4 heteroatoms. The molecule has 0 radical (unpaired) electrons. The van der Waals surface area contributed by atoms with Crippen molar-refractivity contribution in [3.05, 3.63) is 34.1 Å². The average molecular weight is 191 g/mol. The number of aryl methyl sites for hydroxylation is 1. The molecule has 1 aromatic carbocycles. The molecule has 0 spiro atoms. The van der Waals surface area contributed by atoms with E-state index in [1.807, 2.05) is 25.2 Å². The second kappa shape index (κ2) is 3.31. The Balaban J connectivity index is 2.78. The number of nitrogens with two attached hydrogens (primary N) is 1. The van der Waals surface area contributed by atoms with Crippen LogP contribution in [0, 0.1) is 0 Å². The third kappa shape index (κ3) is 1.24. The summed E-state index contributed by atoms with van der Waals surface area (Å²) < 4.78 is 1.75. The fraction of sp³-hybridized carbons (Fsp3) is 0.300. The molecular formula is C10H13N3O. The molecule has 0 saturated heterocycles. The molecule has 0 saturated carbocycles. The van der Waals surface area contributed by atoms with E-state index >= 15 is 0 Å². The molecule has 2 rings (SSSR count). The maximum atomic E-state index is 11.4. The fourth-order valence-corrected chi connectivity index (χ4v) is 1.80. The topological polar surface area (TPSA) is 63.8 Å². The van der Waals surface area contributed by atoms with Crippen molar-refractivity contribution in [1.82, 2.24) is 9.78 Å². The summed E-state index contributed by atoms with van der Waals surface area (Å²) in [7, 11) is 1.84. The highest BCUT2D eigenvalue weighted by atomic mass is 16.1. The van der Waals surface area contributed by atoms with E-state index in [-0.39, 0.29) is 5.56 Å². The quantitative estimate of drug-likeness (QED) is 0.720. The van der Waals surface area contributed by atoms with Crippen molar-refractivity contribution in [2.75, 3.05) is 6.54 Å². The van der Waals surface area contributed by atoms with Gasteiger partial charge >= 0.3 is 0 Å². The number of rotatable bonds is 2. The van der Waals surface area contributed by atoms with Crippen LogP contribution in [0.4, 0.5) is 0 Å². The molecule has 0 aliphatic carbocycles. The number of hydrogen-bond acceptors (Lipinski definition) is 2. The summed E-state index contributed by atoms with van der Waals surface area (Å²) >= 11 is 0. The summed E-state index contributed by atoms with van der Waals surface area (Å²) in [4.78, 5) is 11.4. The van der Waals surface area contributed by atoms with Gasteiger partial charge in [0.15, 0.2) is 0 Å². The molecule has 0 atom stereocenters. The van der Waals surface area contributed by atoms with E-state index in [2.05, 4.69) is 5.10 Å². The van der Waals surface area contributed by atoms with Gasteiger partial charge in [0, 0.05) is 7.05 Å². The van der Waals surface area contributed by atoms with Crippen LogP contribution in [0.15, 0.2) is 23.0 Å². The Morgan fingerprint density at radius 2 is 2.29 bits per heavy atom. The maximum Gasteiger partial charge on any atom is 0.271 e. The molecule has 0 unspecified atom stereocenters. The summed E-state index contributed by atoms with van der Waals surface area (Å²) in [5, 5.41) is 3.47. The molecule has 14 heavy (non-hydrogen) atoms. The molecule has 0 amide bonds. The molecule has 0 bridgehead atoms. The molecule has 0 aliphatic rings. The number of nitrogens with zero attached hydrogens (tertiary/aromatic N) is 1. The standard InChI is InChI=1S/C10H13N3O/c1-13-9-7(5-6-11)3-2-4-8(9)10(14)12-13/h2-4H,5-6,11H2,1H3,(H,12,14). The van der Waals surface area contributed by atoms with Crippen LogP contribution >= 0.6 is 0 Å². The first-order valence-corrected chi connectivity index (χ1v) is 4.60. The Labute approximate surface area is 81.3 Å². The number of aromatic amines is 1. The van der Waals surface area contributed by atoms with Gasteiger partial charge in [-0.25, -0.2) is 0 Å². The zero-order chi connectivity index (χ0) is 10.1. The SMILES string of the molecule is Cn1[nH]c(=O)c2cccc(CCN)c21. The van der Waals surface area contributed by atoms with Gasteiger partial charge in [-0.3, -0.25) is 14.6 Å². The van der Waals surface area contributed by atoms with Crippen molar-refractivity contribution in [3.63, 3.8) is 0 Å². The lowest BCUT2D eigenvalue weighted by molar-refractivity contribution is 0.777. The average Bonchev–Trinajstić information content (AvgIpc) is 2.44. The maximum absolute atomic E-state index is 11.4. The second-order valence-electron chi connectivity index (χ2n) is 3.35. The summed E-state index contributed by atoms with van der Waals surface area (Å²) in [6.07, 6.45) is 0.794. The van der Waals surface area contributed by atoms with Crippen LogP contribution in [0.3, 0.4) is 0 Å². The first-order valence-electron chi connectivity index (χ1n) is 4.60. The number of nitrogens with one attached hydrogen (secondary N) is 1. The lowest BCUT2D eigenvalue weighted by Crippen LogP contribution is -2.04. The number of aromatic nitrogens is 2. The van der Waals surface area contributed by atoms with Gasteiger partial charge in [-0.15, -0.1) is 0 Å². The first-order chi connectivity index (χ1) is 6.74. The van der Waals surface area contributed by atoms with Crippen LogP contribution in [-0.2, 0) is 13.5 Å². The van der Waals surface area contributed by atoms with Gasteiger partial charge in [0.25, 0.3) is 5.56 Å². The van der Waals surface area contributed by atoms with Gasteiger partial charge < -0.3 is 5.73 Å². The Morgan fingerprint density at radius 3 is 3.00 bits per heavy atom. The number of fused-ring (bicyclic) bond motifs is 1. The summed E-state index contributed by atoms with van der Waals surface area (Å²) in [5.74, 6) is 0. The van der Waals surface area contributed by atoms with Crippen LogP contribution in [0.1, 0.15) is 5.56 Å².